The van der Waals surface area contributed by atoms with E-state index in [4.69, 9.17) is 11.6 Å². The van der Waals surface area contributed by atoms with E-state index in [0.29, 0.717) is 0 Å². The van der Waals surface area contributed by atoms with Crippen LogP contribution in [0.3, 0.4) is 0 Å². The van der Waals surface area contributed by atoms with Crippen LogP contribution in [-0.2, 0) is 14.8 Å². The summed E-state index contributed by atoms with van der Waals surface area (Å²) in [5.41, 5.74) is -0.219. The van der Waals surface area contributed by atoms with Gasteiger partial charge in [0, 0.05) is 25.7 Å². The Morgan fingerprint density at radius 2 is 2.05 bits per heavy atom. The van der Waals surface area contributed by atoms with E-state index in [1.165, 1.54) is 21.0 Å². The summed E-state index contributed by atoms with van der Waals surface area (Å²) in [6.45, 7) is 1.02. The Balaban J connectivity index is 3.32. The number of nitro benzene ring substituents is 1. The van der Waals surface area contributed by atoms with Crippen molar-refractivity contribution in [1.29, 1.82) is 0 Å². The van der Waals surface area contributed by atoms with E-state index in [2.05, 4.69) is 5.32 Å². The quantitative estimate of drug-likeness (QED) is 0.635. The smallest absolute Gasteiger partial charge is 0.275 e. The predicted molar refractivity (Wildman–Crippen MR) is 76.7 cm³/mol. The van der Waals surface area contributed by atoms with Gasteiger partial charge >= 0.3 is 0 Å². The first-order valence-corrected chi connectivity index (χ1v) is 7.54. The average Bonchev–Trinajstić information content (AvgIpc) is 2.40. The van der Waals surface area contributed by atoms with Gasteiger partial charge in [-0.05, 0) is 13.0 Å². The molecule has 0 fully saturated rings. The first-order chi connectivity index (χ1) is 9.61. The second kappa shape index (κ2) is 6.37. The molecule has 0 unspecified atom stereocenters. The molecule has 0 saturated carbocycles. The van der Waals surface area contributed by atoms with Crippen LogP contribution in [0, 0.1) is 17.0 Å². The minimum atomic E-state index is -4.06. The number of halogens is 1. The zero-order valence-electron chi connectivity index (χ0n) is 11.6. The van der Waals surface area contributed by atoms with Crippen molar-refractivity contribution in [2.75, 3.05) is 20.6 Å². The maximum atomic E-state index is 12.3. The van der Waals surface area contributed by atoms with Gasteiger partial charge in [-0.1, -0.05) is 11.6 Å². The highest BCUT2D eigenvalue weighted by Crippen LogP contribution is 2.30. The first kappa shape index (κ1) is 17.3. The molecule has 0 atom stereocenters. The molecule has 1 amide bonds. The van der Waals surface area contributed by atoms with Crippen molar-refractivity contribution in [1.82, 2.24) is 9.62 Å². The summed E-state index contributed by atoms with van der Waals surface area (Å²) < 4.78 is 25.4. The number of rotatable bonds is 5. The van der Waals surface area contributed by atoms with Crippen molar-refractivity contribution in [3.63, 3.8) is 0 Å². The van der Waals surface area contributed by atoms with Crippen molar-refractivity contribution >= 4 is 33.2 Å². The fourth-order valence-corrected chi connectivity index (χ4v) is 2.98. The van der Waals surface area contributed by atoms with E-state index < -0.39 is 33.1 Å². The lowest BCUT2D eigenvalue weighted by Crippen LogP contribution is -2.36. The molecule has 0 saturated heterocycles. The van der Waals surface area contributed by atoms with E-state index in [-0.39, 0.29) is 15.5 Å². The van der Waals surface area contributed by atoms with Gasteiger partial charge in [0.2, 0.25) is 15.9 Å². The summed E-state index contributed by atoms with van der Waals surface area (Å²) in [5.74, 6) is -0.506. The van der Waals surface area contributed by atoms with Crippen molar-refractivity contribution in [2.45, 2.75) is 11.8 Å². The van der Waals surface area contributed by atoms with E-state index >= 15 is 0 Å². The van der Waals surface area contributed by atoms with Gasteiger partial charge in [-0.3, -0.25) is 14.9 Å². The second-order valence-electron chi connectivity index (χ2n) is 4.24. The average molecular weight is 336 g/mol. The number of nitrogens with zero attached hydrogens (tertiary/aromatic N) is 2. The van der Waals surface area contributed by atoms with Gasteiger partial charge in [0.15, 0.2) is 0 Å². The number of carbonyl (C=O) groups is 1. The molecule has 1 rings (SSSR count). The third-order valence-corrected chi connectivity index (χ3v) is 5.01. The third-order valence-electron chi connectivity index (χ3n) is 2.84. The molecule has 0 aromatic heterocycles. The molecular weight excluding hydrogens is 322 g/mol. The molecule has 8 nitrogen and oxygen atoms in total. The maximum absolute atomic E-state index is 12.3. The summed E-state index contributed by atoms with van der Waals surface area (Å²) in [7, 11) is -1.49. The van der Waals surface area contributed by atoms with Crippen LogP contribution in [0.5, 0.6) is 0 Å². The third kappa shape index (κ3) is 3.69. The predicted octanol–water partition coefficient (Wildman–Crippen LogP) is 0.923. The van der Waals surface area contributed by atoms with Crippen molar-refractivity contribution in [3.05, 3.63) is 32.8 Å². The number of nitro groups is 1. The number of nitrogens with one attached hydrogen (secondary N) is 1. The molecule has 10 heteroatoms. The highest BCUT2D eigenvalue weighted by Gasteiger charge is 2.27. The van der Waals surface area contributed by atoms with Gasteiger partial charge in [0.1, 0.15) is 0 Å². The number of likely N-dealkylation sites (N-methyl/N-ethyl adjacent to an activating group) is 2. The van der Waals surface area contributed by atoms with Crippen LogP contribution in [0.4, 0.5) is 5.69 Å². The Hall–Kier alpha value is -1.71. The highest BCUT2D eigenvalue weighted by molar-refractivity contribution is 7.89. The lowest BCUT2D eigenvalue weighted by Gasteiger charge is -2.16. The minimum absolute atomic E-state index is 0.0314. The summed E-state index contributed by atoms with van der Waals surface area (Å²) in [6.07, 6.45) is 0. The molecular formula is C11H14ClN3O5S. The molecule has 0 heterocycles. The Bertz CT molecular complexity index is 689. The molecule has 0 aliphatic carbocycles. The molecule has 1 aromatic rings. The Labute approximate surface area is 126 Å². The summed E-state index contributed by atoms with van der Waals surface area (Å²) >= 11 is 5.84. The second-order valence-corrected chi connectivity index (χ2v) is 6.69. The number of hydrogen-bond donors (Lipinski definition) is 1. The first-order valence-electron chi connectivity index (χ1n) is 5.72. The molecule has 0 radical (unpaired) electrons. The number of carbonyl (C=O) groups excluding carboxylic acids is 1. The largest absolute Gasteiger partial charge is 0.358 e. The fraction of sp³-hybridized carbons (Fsp3) is 0.364. The highest BCUT2D eigenvalue weighted by atomic mass is 35.5. The molecule has 116 valence electrons. The molecule has 0 bridgehead atoms. The van der Waals surface area contributed by atoms with Gasteiger partial charge in [-0.15, -0.1) is 0 Å². The molecule has 21 heavy (non-hydrogen) atoms. The lowest BCUT2D eigenvalue weighted by molar-refractivity contribution is -0.385. The summed E-state index contributed by atoms with van der Waals surface area (Å²) in [4.78, 5) is 21.1. The maximum Gasteiger partial charge on any atom is 0.275 e. The number of amides is 1. The van der Waals surface area contributed by atoms with E-state index in [1.807, 2.05) is 0 Å². The van der Waals surface area contributed by atoms with E-state index in [0.717, 1.165) is 16.4 Å². The van der Waals surface area contributed by atoms with Crippen LogP contribution in [0.1, 0.15) is 5.56 Å². The van der Waals surface area contributed by atoms with Crippen molar-refractivity contribution in [3.8, 4) is 0 Å². The van der Waals surface area contributed by atoms with Crippen LogP contribution >= 0.6 is 11.6 Å². The van der Waals surface area contributed by atoms with Crippen LogP contribution in [-0.4, -0.2) is 44.2 Å². The molecule has 0 aliphatic heterocycles. The fourth-order valence-electron chi connectivity index (χ4n) is 1.52. The summed E-state index contributed by atoms with van der Waals surface area (Å²) in [5, 5.41) is 13.2. The van der Waals surface area contributed by atoms with Gasteiger partial charge < -0.3 is 5.32 Å². The topological polar surface area (TPSA) is 110 Å². The van der Waals surface area contributed by atoms with Crippen LogP contribution in [0.2, 0.25) is 5.02 Å². The Morgan fingerprint density at radius 1 is 1.48 bits per heavy atom. The van der Waals surface area contributed by atoms with Crippen molar-refractivity contribution in [2.24, 2.45) is 0 Å². The normalized spacial score (nSPS) is 11.5. The zero-order valence-corrected chi connectivity index (χ0v) is 13.2. The van der Waals surface area contributed by atoms with Gasteiger partial charge in [-0.25, -0.2) is 8.42 Å². The van der Waals surface area contributed by atoms with Crippen LogP contribution in [0.25, 0.3) is 0 Å². The van der Waals surface area contributed by atoms with Gasteiger partial charge in [0.05, 0.1) is 21.4 Å². The number of hydrogen-bond acceptors (Lipinski definition) is 5. The van der Waals surface area contributed by atoms with Crippen molar-refractivity contribution < 1.29 is 18.1 Å². The van der Waals surface area contributed by atoms with Gasteiger partial charge in [-0.2, -0.15) is 4.31 Å². The lowest BCUT2D eigenvalue weighted by atomic mass is 10.2. The molecule has 0 aliphatic rings. The Kier molecular flexibility index (Phi) is 5.26. The van der Waals surface area contributed by atoms with E-state index in [9.17, 15) is 23.3 Å². The number of sulfonamides is 1. The van der Waals surface area contributed by atoms with E-state index in [1.54, 1.807) is 0 Å². The standard InChI is InChI=1S/C11H14ClN3O5S/c1-7-9(12)4-8(5-10(7)15(17)18)21(19,20)14(3)6-11(16)13-2/h4-5H,6H2,1-3H3,(H,13,16). The van der Waals surface area contributed by atoms with Gasteiger partial charge in [0.25, 0.3) is 5.69 Å². The Morgan fingerprint density at radius 3 is 2.52 bits per heavy atom. The van der Waals surface area contributed by atoms with Crippen LogP contribution < -0.4 is 5.32 Å². The SMILES string of the molecule is CNC(=O)CN(C)S(=O)(=O)c1cc(Cl)c(C)c([N+](=O)[O-])c1. The zero-order chi connectivity index (χ0) is 16.4. The monoisotopic (exact) mass is 335 g/mol. The molecule has 1 aromatic carbocycles. The molecule has 1 N–H and O–H groups in total. The summed E-state index contributed by atoms with van der Waals surface area (Å²) in [6, 6.07) is 2.05. The molecule has 0 spiro atoms. The number of benzene rings is 1. The minimum Gasteiger partial charge on any atom is -0.358 e. The van der Waals surface area contributed by atoms with Crippen LogP contribution in [0.15, 0.2) is 17.0 Å².